The van der Waals surface area contributed by atoms with Gasteiger partial charge in [0.05, 0.1) is 0 Å². The number of anilines is 3. The highest BCUT2D eigenvalue weighted by Crippen LogP contribution is 2.67. The lowest BCUT2D eigenvalue weighted by Crippen LogP contribution is -2.62. The van der Waals surface area contributed by atoms with Gasteiger partial charge in [0.15, 0.2) is 0 Å². The van der Waals surface area contributed by atoms with Gasteiger partial charge in [-0.05, 0) is 204 Å². The Morgan fingerprint density at radius 1 is 0.526 bits per heavy atom. The van der Waals surface area contributed by atoms with Gasteiger partial charge in [-0.3, -0.25) is 0 Å². The van der Waals surface area contributed by atoms with Crippen molar-refractivity contribution >= 4 is 71.7 Å². The van der Waals surface area contributed by atoms with E-state index in [9.17, 15) is 0 Å². The van der Waals surface area contributed by atoms with Crippen molar-refractivity contribution in [2.75, 3.05) is 4.90 Å². The van der Waals surface area contributed by atoms with Gasteiger partial charge < -0.3 is 4.90 Å². The Morgan fingerprint density at radius 2 is 1.21 bits per heavy atom. The number of benzene rings is 7. The van der Waals surface area contributed by atoms with Crippen molar-refractivity contribution in [3.8, 4) is 0 Å². The second kappa shape index (κ2) is 15.7. The van der Waals surface area contributed by atoms with Crippen molar-refractivity contribution < 1.29 is 0 Å². The predicted molar refractivity (Wildman–Crippen MR) is 329 cm³/mol. The molecule has 76 heavy (non-hydrogen) atoms. The molecule has 0 spiro atoms. The van der Waals surface area contributed by atoms with Gasteiger partial charge in [0.25, 0.3) is 0 Å². The van der Waals surface area contributed by atoms with Crippen LogP contribution in [0, 0.1) is 19.3 Å². The quantitative estimate of drug-likeness (QED) is 0.159. The van der Waals surface area contributed by atoms with Crippen LogP contribution in [-0.2, 0) is 32.5 Å². The van der Waals surface area contributed by atoms with Crippen LogP contribution in [0.5, 0.6) is 0 Å². The van der Waals surface area contributed by atoms with E-state index in [0.717, 1.165) is 6.42 Å². The van der Waals surface area contributed by atoms with E-state index in [2.05, 4.69) is 224 Å². The Balaban J connectivity index is 1.08. The zero-order valence-electron chi connectivity index (χ0n) is 48.5. The Kier molecular flexibility index (Phi) is 10.1. The van der Waals surface area contributed by atoms with Gasteiger partial charge in [0.1, 0.15) is 0 Å². The number of aryl methyl sites for hydroxylation is 2. The van der Waals surface area contributed by atoms with Crippen LogP contribution in [0.4, 0.5) is 17.1 Å². The monoisotopic (exact) mass is 1010 g/mol. The molecule has 3 heteroatoms. The largest absolute Gasteiger partial charge is 0.311 e. The third kappa shape index (κ3) is 6.63. The van der Waals surface area contributed by atoms with Gasteiger partial charge >= 0.3 is 0 Å². The smallest absolute Gasteiger partial charge is 0.247 e. The van der Waals surface area contributed by atoms with Crippen LogP contribution in [0.25, 0.3) is 20.2 Å². The van der Waals surface area contributed by atoms with Crippen molar-refractivity contribution in [2.24, 2.45) is 5.41 Å². The summed E-state index contributed by atoms with van der Waals surface area (Å²) in [6.45, 7) is 37.5. The third-order valence-electron chi connectivity index (χ3n) is 21.8. The summed E-state index contributed by atoms with van der Waals surface area (Å²) < 4.78 is 2.70. The fourth-order valence-corrected chi connectivity index (χ4v) is 18.7. The van der Waals surface area contributed by atoms with E-state index >= 15 is 0 Å². The summed E-state index contributed by atoms with van der Waals surface area (Å²) in [5, 5.41) is 2.70. The summed E-state index contributed by atoms with van der Waals surface area (Å²) in [6.07, 6.45) is 8.67. The minimum atomic E-state index is 0.0524. The minimum Gasteiger partial charge on any atom is -0.311 e. The lowest BCUT2D eigenvalue weighted by Gasteiger charge is -2.49. The number of nitrogens with zero attached hydrogens (tertiary/aromatic N) is 1. The minimum absolute atomic E-state index is 0.0524. The first-order valence-corrected chi connectivity index (χ1v) is 30.1. The number of hydrogen-bond donors (Lipinski definition) is 0. The predicted octanol–water partition coefficient (Wildman–Crippen LogP) is 18.1. The van der Waals surface area contributed by atoms with E-state index in [4.69, 9.17) is 0 Å². The number of thiophene rings is 1. The third-order valence-corrected chi connectivity index (χ3v) is 23.0. The molecule has 1 nitrogen and oxygen atoms in total. The summed E-state index contributed by atoms with van der Waals surface area (Å²) in [5.41, 5.74) is 28.6. The molecule has 1 fully saturated rings. The van der Waals surface area contributed by atoms with E-state index in [1.807, 2.05) is 11.3 Å². The van der Waals surface area contributed by atoms with Crippen molar-refractivity contribution in [3.63, 3.8) is 0 Å². The molecule has 386 valence electrons. The summed E-state index contributed by atoms with van der Waals surface area (Å²) in [7, 11) is 0. The molecular weight excluding hydrogens is 934 g/mol. The van der Waals surface area contributed by atoms with Gasteiger partial charge in [-0.15, -0.1) is 11.3 Å². The summed E-state index contributed by atoms with van der Waals surface area (Å²) >= 11 is 1.92. The Morgan fingerprint density at radius 3 is 1.96 bits per heavy atom. The van der Waals surface area contributed by atoms with Gasteiger partial charge in [-0.25, -0.2) is 0 Å². The van der Waals surface area contributed by atoms with Crippen LogP contribution < -0.4 is 21.3 Å². The zero-order valence-corrected chi connectivity index (χ0v) is 49.3. The second-order valence-electron chi connectivity index (χ2n) is 29.5. The van der Waals surface area contributed by atoms with Crippen LogP contribution in [0.1, 0.15) is 219 Å². The lowest BCUT2D eigenvalue weighted by molar-refractivity contribution is 0.0923. The standard InChI is InChI=1S/C73H80BNS/c1-42-32-52-64(49-38-55-54(34-43(49)2)68(6,7)30-31-69(55,8)9)51-35-44(65-48-25-23-45(67(3,4)5)36-53(48)72(14)28-18-19-29-73(65,72)15)22-26-58(51)74-59-39-56-57(71(12,13)41-70(56,10)11)40-60(59)75(61(33-42)66(52)74)46-24-27-63-50(37-46)47-20-16-17-21-62(47)76-63/h16-17,20-27,32-40,64-65H,18-19,28-31,41H2,1-15H3. The average molecular weight is 1010 g/mol. The molecule has 0 saturated heterocycles. The summed E-state index contributed by atoms with van der Waals surface area (Å²) in [6, 6.07) is 48.2. The van der Waals surface area contributed by atoms with E-state index in [-0.39, 0.29) is 50.5 Å². The molecule has 1 aromatic heterocycles. The van der Waals surface area contributed by atoms with Crippen molar-refractivity contribution in [2.45, 2.75) is 193 Å². The molecular formula is C73H80BNS. The van der Waals surface area contributed by atoms with Gasteiger partial charge in [-0.1, -0.05) is 187 Å². The number of rotatable bonds is 3. The molecule has 6 aliphatic rings. The van der Waals surface area contributed by atoms with Crippen molar-refractivity contribution in [3.05, 3.63) is 188 Å². The van der Waals surface area contributed by atoms with E-state index in [0.29, 0.717) is 5.92 Å². The van der Waals surface area contributed by atoms with Crippen LogP contribution in [0.3, 0.4) is 0 Å². The number of hydrogen-bond acceptors (Lipinski definition) is 2. The maximum Gasteiger partial charge on any atom is 0.247 e. The molecule has 4 unspecified atom stereocenters. The van der Waals surface area contributed by atoms with Gasteiger partial charge in [-0.2, -0.15) is 0 Å². The fourth-order valence-electron chi connectivity index (χ4n) is 17.6. The molecule has 4 aliphatic carbocycles. The Labute approximate surface area is 460 Å². The second-order valence-corrected chi connectivity index (χ2v) is 30.6. The molecule has 1 saturated carbocycles. The molecule has 7 aromatic carbocycles. The van der Waals surface area contributed by atoms with Gasteiger partial charge in [0, 0.05) is 49.1 Å². The van der Waals surface area contributed by atoms with Crippen LogP contribution in [-0.4, -0.2) is 6.71 Å². The topological polar surface area (TPSA) is 3.24 Å². The highest BCUT2D eigenvalue weighted by atomic mass is 32.1. The molecule has 8 aromatic rings. The Hall–Kier alpha value is -5.38. The van der Waals surface area contributed by atoms with Crippen LogP contribution in [0.2, 0.25) is 0 Å². The van der Waals surface area contributed by atoms with Crippen LogP contribution in [0.15, 0.2) is 115 Å². The first kappa shape index (κ1) is 49.0. The maximum atomic E-state index is 2.80. The molecule has 14 rings (SSSR count). The lowest BCUT2D eigenvalue weighted by atomic mass is 9.30. The molecule has 0 bridgehead atoms. The summed E-state index contributed by atoms with van der Waals surface area (Å²) in [4.78, 5) is 2.72. The summed E-state index contributed by atoms with van der Waals surface area (Å²) in [5.74, 6) is 0.382. The fraction of sp³-hybridized carbons (Fsp3) is 0.425. The first-order chi connectivity index (χ1) is 35.8. The van der Waals surface area contributed by atoms with Crippen LogP contribution >= 0.6 is 11.3 Å². The Bertz CT molecular complexity index is 3830. The van der Waals surface area contributed by atoms with Crippen molar-refractivity contribution in [1.29, 1.82) is 0 Å². The number of fused-ring (bicyclic) bond motifs is 12. The maximum absolute atomic E-state index is 2.80. The molecule has 0 radical (unpaired) electrons. The average Bonchev–Trinajstić information content (AvgIpc) is 3.94. The van der Waals surface area contributed by atoms with E-state index < -0.39 is 0 Å². The van der Waals surface area contributed by atoms with E-state index in [1.54, 1.807) is 22.3 Å². The first-order valence-electron chi connectivity index (χ1n) is 29.3. The molecule has 3 heterocycles. The SMILES string of the molecule is Cc1cc2c3c(c1)N(c1ccc4sc5ccccc5c4c1)c1cc4c(cc1B3c1ccc(C3c5ccc(C(C)(C)C)cc5C5(C)CCCCC35C)cc1C2c1cc2c(cc1C)C(C)(C)CCC2(C)C)C(C)(C)CC4(C)C. The van der Waals surface area contributed by atoms with Crippen molar-refractivity contribution in [1.82, 2.24) is 0 Å². The molecule has 0 amide bonds. The molecule has 2 aliphatic heterocycles. The highest BCUT2D eigenvalue weighted by Gasteiger charge is 2.59. The van der Waals surface area contributed by atoms with Gasteiger partial charge in [0.2, 0.25) is 6.71 Å². The zero-order chi connectivity index (χ0) is 53.2. The normalized spacial score (nSPS) is 24.9. The van der Waals surface area contributed by atoms with E-state index in [1.165, 1.54) is 142 Å². The highest BCUT2D eigenvalue weighted by molar-refractivity contribution is 7.25. The molecule has 4 atom stereocenters. The molecule has 0 N–H and O–H groups in total.